The van der Waals surface area contributed by atoms with Crippen molar-refractivity contribution in [3.63, 3.8) is 0 Å². The Morgan fingerprint density at radius 2 is 1.76 bits per heavy atom. The van der Waals surface area contributed by atoms with Crippen molar-refractivity contribution in [3.8, 4) is 0 Å². The SMILES string of the molecule is CC1CCCCC1N(C)C(=O)C(C)(C)C(=O)O. The van der Waals surface area contributed by atoms with Crippen molar-refractivity contribution in [2.45, 2.75) is 52.5 Å². The molecule has 0 bridgehead atoms. The van der Waals surface area contributed by atoms with Crippen LogP contribution in [0.1, 0.15) is 46.5 Å². The minimum Gasteiger partial charge on any atom is -0.480 e. The molecule has 0 aromatic rings. The number of carboxylic acid groups (broad SMARTS) is 1. The summed E-state index contributed by atoms with van der Waals surface area (Å²) in [5.41, 5.74) is -1.33. The van der Waals surface area contributed by atoms with Crippen LogP contribution >= 0.6 is 0 Å². The molecule has 4 nitrogen and oxygen atoms in total. The topological polar surface area (TPSA) is 57.6 Å². The molecule has 1 amide bonds. The fourth-order valence-electron chi connectivity index (χ4n) is 2.56. The molecule has 0 aromatic carbocycles. The Hall–Kier alpha value is -1.06. The number of hydrogen-bond acceptors (Lipinski definition) is 2. The quantitative estimate of drug-likeness (QED) is 0.770. The van der Waals surface area contributed by atoms with Gasteiger partial charge in [0.2, 0.25) is 5.91 Å². The molecule has 0 saturated heterocycles. The van der Waals surface area contributed by atoms with Crippen LogP contribution in [-0.2, 0) is 9.59 Å². The van der Waals surface area contributed by atoms with Gasteiger partial charge in [0.25, 0.3) is 0 Å². The zero-order valence-corrected chi connectivity index (χ0v) is 11.2. The molecule has 0 spiro atoms. The van der Waals surface area contributed by atoms with E-state index in [4.69, 9.17) is 5.11 Å². The summed E-state index contributed by atoms with van der Waals surface area (Å²) in [6.45, 7) is 5.09. The van der Waals surface area contributed by atoms with E-state index in [1.54, 1.807) is 11.9 Å². The average Bonchev–Trinajstić information content (AvgIpc) is 2.27. The third kappa shape index (κ3) is 2.79. The maximum absolute atomic E-state index is 12.2. The van der Waals surface area contributed by atoms with E-state index in [1.165, 1.54) is 20.3 Å². The Labute approximate surface area is 103 Å². The van der Waals surface area contributed by atoms with E-state index in [9.17, 15) is 9.59 Å². The van der Waals surface area contributed by atoms with Gasteiger partial charge in [0.1, 0.15) is 5.41 Å². The molecule has 1 fully saturated rings. The second-order valence-corrected chi connectivity index (χ2v) is 5.68. The highest BCUT2D eigenvalue weighted by atomic mass is 16.4. The molecule has 0 radical (unpaired) electrons. The summed E-state index contributed by atoms with van der Waals surface area (Å²) < 4.78 is 0. The lowest BCUT2D eigenvalue weighted by atomic mass is 9.83. The number of amides is 1. The average molecular weight is 241 g/mol. The molecule has 0 aromatic heterocycles. The number of nitrogens with zero attached hydrogens (tertiary/aromatic N) is 1. The number of carboxylic acids is 1. The largest absolute Gasteiger partial charge is 0.480 e. The zero-order chi connectivity index (χ0) is 13.2. The second kappa shape index (κ2) is 5.07. The molecule has 4 heteroatoms. The van der Waals surface area contributed by atoms with Crippen LogP contribution < -0.4 is 0 Å². The van der Waals surface area contributed by atoms with Gasteiger partial charge in [-0.3, -0.25) is 9.59 Å². The third-order valence-corrected chi connectivity index (χ3v) is 3.95. The monoisotopic (exact) mass is 241 g/mol. The minimum atomic E-state index is -1.33. The molecule has 1 saturated carbocycles. The summed E-state index contributed by atoms with van der Waals surface area (Å²) in [5, 5.41) is 9.08. The van der Waals surface area contributed by atoms with Gasteiger partial charge in [0.15, 0.2) is 0 Å². The van der Waals surface area contributed by atoms with Crippen LogP contribution in [0.5, 0.6) is 0 Å². The fourth-order valence-corrected chi connectivity index (χ4v) is 2.56. The van der Waals surface area contributed by atoms with E-state index in [1.807, 2.05) is 0 Å². The van der Waals surface area contributed by atoms with E-state index in [2.05, 4.69) is 6.92 Å². The van der Waals surface area contributed by atoms with Crippen molar-refractivity contribution in [2.24, 2.45) is 11.3 Å². The molecular weight excluding hydrogens is 218 g/mol. The van der Waals surface area contributed by atoms with Crippen LogP contribution in [0.15, 0.2) is 0 Å². The van der Waals surface area contributed by atoms with Crippen molar-refractivity contribution in [2.75, 3.05) is 7.05 Å². The fraction of sp³-hybridized carbons (Fsp3) is 0.846. The maximum Gasteiger partial charge on any atom is 0.318 e. The van der Waals surface area contributed by atoms with Crippen molar-refractivity contribution < 1.29 is 14.7 Å². The molecule has 0 aliphatic heterocycles. The molecule has 17 heavy (non-hydrogen) atoms. The predicted octanol–water partition coefficient (Wildman–Crippen LogP) is 2.13. The normalized spacial score (nSPS) is 25.4. The molecule has 1 aliphatic rings. The van der Waals surface area contributed by atoms with Crippen LogP contribution in [-0.4, -0.2) is 35.0 Å². The van der Waals surface area contributed by atoms with E-state index < -0.39 is 11.4 Å². The highest BCUT2D eigenvalue weighted by Gasteiger charge is 2.41. The number of carbonyl (C=O) groups is 2. The Bertz CT molecular complexity index is 312. The van der Waals surface area contributed by atoms with Crippen molar-refractivity contribution in [3.05, 3.63) is 0 Å². The number of carbonyl (C=O) groups excluding carboxylic acids is 1. The van der Waals surface area contributed by atoms with Crippen LogP contribution in [0, 0.1) is 11.3 Å². The van der Waals surface area contributed by atoms with Crippen molar-refractivity contribution in [1.29, 1.82) is 0 Å². The van der Waals surface area contributed by atoms with Gasteiger partial charge in [-0.1, -0.05) is 19.8 Å². The predicted molar refractivity (Wildman–Crippen MR) is 65.6 cm³/mol. The summed E-state index contributed by atoms with van der Waals surface area (Å²) >= 11 is 0. The number of rotatable bonds is 3. The maximum atomic E-state index is 12.2. The molecule has 1 rings (SSSR count). The van der Waals surface area contributed by atoms with E-state index in [0.29, 0.717) is 5.92 Å². The van der Waals surface area contributed by atoms with Crippen LogP contribution in [0.3, 0.4) is 0 Å². The smallest absolute Gasteiger partial charge is 0.318 e. The lowest BCUT2D eigenvalue weighted by molar-refractivity contribution is -0.159. The highest BCUT2D eigenvalue weighted by Crippen LogP contribution is 2.30. The van der Waals surface area contributed by atoms with Gasteiger partial charge in [-0.25, -0.2) is 0 Å². The van der Waals surface area contributed by atoms with E-state index >= 15 is 0 Å². The van der Waals surface area contributed by atoms with Gasteiger partial charge in [0.05, 0.1) is 0 Å². The first kappa shape index (κ1) is 14.0. The highest BCUT2D eigenvalue weighted by molar-refractivity contribution is 6.01. The molecule has 98 valence electrons. The second-order valence-electron chi connectivity index (χ2n) is 5.68. The summed E-state index contributed by atoms with van der Waals surface area (Å²) in [5.74, 6) is -0.885. The Morgan fingerprint density at radius 3 is 2.24 bits per heavy atom. The Balaban J connectivity index is 2.78. The summed E-state index contributed by atoms with van der Waals surface area (Å²) in [6, 6.07) is 0.190. The zero-order valence-electron chi connectivity index (χ0n) is 11.2. The molecule has 2 atom stereocenters. The summed E-state index contributed by atoms with van der Waals surface area (Å²) in [7, 11) is 1.74. The lowest BCUT2D eigenvalue weighted by Gasteiger charge is -2.38. The van der Waals surface area contributed by atoms with Gasteiger partial charge in [0, 0.05) is 13.1 Å². The molecular formula is C13H23NO3. The van der Waals surface area contributed by atoms with Gasteiger partial charge >= 0.3 is 5.97 Å². The van der Waals surface area contributed by atoms with Gasteiger partial charge < -0.3 is 10.0 Å². The number of aliphatic carboxylic acids is 1. The van der Waals surface area contributed by atoms with E-state index in [-0.39, 0.29) is 11.9 Å². The minimum absolute atomic E-state index is 0.190. The molecule has 1 aliphatic carbocycles. The molecule has 0 heterocycles. The van der Waals surface area contributed by atoms with Crippen LogP contribution in [0.4, 0.5) is 0 Å². The Morgan fingerprint density at radius 1 is 1.24 bits per heavy atom. The lowest BCUT2D eigenvalue weighted by Crippen LogP contribution is -2.50. The first-order valence-electron chi connectivity index (χ1n) is 6.29. The van der Waals surface area contributed by atoms with Gasteiger partial charge in [-0.15, -0.1) is 0 Å². The van der Waals surface area contributed by atoms with Gasteiger partial charge in [-0.2, -0.15) is 0 Å². The number of hydrogen-bond donors (Lipinski definition) is 1. The Kier molecular flexibility index (Phi) is 4.17. The van der Waals surface area contributed by atoms with Crippen LogP contribution in [0.2, 0.25) is 0 Å². The van der Waals surface area contributed by atoms with Crippen molar-refractivity contribution >= 4 is 11.9 Å². The summed E-state index contributed by atoms with van der Waals surface area (Å²) in [6.07, 6.45) is 4.44. The molecule has 2 unspecified atom stereocenters. The third-order valence-electron chi connectivity index (χ3n) is 3.95. The van der Waals surface area contributed by atoms with Crippen LogP contribution in [0.25, 0.3) is 0 Å². The first-order valence-corrected chi connectivity index (χ1v) is 6.29. The van der Waals surface area contributed by atoms with Gasteiger partial charge in [-0.05, 0) is 32.6 Å². The van der Waals surface area contributed by atoms with E-state index in [0.717, 1.165) is 19.3 Å². The first-order chi connectivity index (χ1) is 7.78. The summed E-state index contributed by atoms with van der Waals surface area (Å²) in [4.78, 5) is 24.9. The molecule has 1 N–H and O–H groups in total. The standard InChI is InChI=1S/C13H23NO3/c1-9-7-5-6-8-10(9)14(4)11(15)13(2,3)12(16)17/h9-10H,5-8H2,1-4H3,(H,16,17). The van der Waals surface area contributed by atoms with Crippen molar-refractivity contribution in [1.82, 2.24) is 4.90 Å².